The maximum absolute atomic E-state index is 9.31. The van der Waals surface area contributed by atoms with Crippen molar-refractivity contribution < 1.29 is 9.84 Å². The first-order valence-corrected chi connectivity index (χ1v) is 5.62. The van der Waals surface area contributed by atoms with Crippen LogP contribution in [0.3, 0.4) is 0 Å². The lowest BCUT2D eigenvalue weighted by molar-refractivity contribution is 0.185. The number of rotatable bonds is 6. The molecule has 0 spiro atoms. The van der Waals surface area contributed by atoms with Gasteiger partial charge in [0.25, 0.3) is 0 Å². The van der Waals surface area contributed by atoms with E-state index in [2.05, 4.69) is 19.2 Å². The van der Waals surface area contributed by atoms with E-state index in [4.69, 9.17) is 4.74 Å². The molecule has 1 aromatic rings. The summed E-state index contributed by atoms with van der Waals surface area (Å²) >= 11 is 0. The third-order valence-corrected chi connectivity index (χ3v) is 2.41. The SMILES string of the molecule is COCc1ccc(C(CO)NC(C)C)cc1. The number of aliphatic hydroxyl groups is 1. The molecule has 16 heavy (non-hydrogen) atoms. The highest BCUT2D eigenvalue weighted by Crippen LogP contribution is 2.14. The number of aliphatic hydroxyl groups excluding tert-OH is 1. The largest absolute Gasteiger partial charge is 0.394 e. The van der Waals surface area contributed by atoms with Crippen molar-refractivity contribution in [3.8, 4) is 0 Å². The second-order valence-electron chi connectivity index (χ2n) is 4.23. The van der Waals surface area contributed by atoms with E-state index >= 15 is 0 Å². The van der Waals surface area contributed by atoms with Gasteiger partial charge >= 0.3 is 0 Å². The van der Waals surface area contributed by atoms with Gasteiger partial charge in [-0.3, -0.25) is 0 Å². The lowest BCUT2D eigenvalue weighted by Gasteiger charge is -2.19. The van der Waals surface area contributed by atoms with Crippen molar-refractivity contribution in [2.45, 2.75) is 32.5 Å². The van der Waals surface area contributed by atoms with Crippen molar-refractivity contribution in [1.82, 2.24) is 5.32 Å². The molecule has 0 aliphatic rings. The Morgan fingerprint density at radius 1 is 1.25 bits per heavy atom. The van der Waals surface area contributed by atoms with Gasteiger partial charge < -0.3 is 15.2 Å². The third-order valence-electron chi connectivity index (χ3n) is 2.41. The Kier molecular flexibility index (Phi) is 5.46. The zero-order chi connectivity index (χ0) is 12.0. The molecule has 90 valence electrons. The zero-order valence-corrected chi connectivity index (χ0v) is 10.2. The summed E-state index contributed by atoms with van der Waals surface area (Å²) in [5.41, 5.74) is 2.25. The maximum atomic E-state index is 9.31. The number of hydrogen-bond donors (Lipinski definition) is 2. The summed E-state index contributed by atoms with van der Waals surface area (Å²) in [5, 5.41) is 12.6. The first-order chi connectivity index (χ1) is 7.67. The van der Waals surface area contributed by atoms with Crippen LogP contribution in [-0.4, -0.2) is 24.9 Å². The minimum atomic E-state index is 0.0107. The van der Waals surface area contributed by atoms with Crippen molar-refractivity contribution in [1.29, 1.82) is 0 Å². The van der Waals surface area contributed by atoms with Crippen LogP contribution in [0.5, 0.6) is 0 Å². The van der Waals surface area contributed by atoms with Gasteiger partial charge in [0.05, 0.1) is 19.3 Å². The molecule has 0 aromatic heterocycles. The fourth-order valence-corrected chi connectivity index (χ4v) is 1.67. The number of nitrogens with one attached hydrogen (secondary N) is 1. The Morgan fingerprint density at radius 3 is 2.31 bits per heavy atom. The van der Waals surface area contributed by atoms with E-state index in [1.807, 2.05) is 24.3 Å². The van der Waals surface area contributed by atoms with E-state index in [0.717, 1.165) is 11.1 Å². The Labute approximate surface area is 97.4 Å². The van der Waals surface area contributed by atoms with E-state index in [1.54, 1.807) is 7.11 Å². The summed E-state index contributed by atoms with van der Waals surface area (Å²) in [5.74, 6) is 0. The van der Waals surface area contributed by atoms with E-state index in [9.17, 15) is 5.11 Å². The van der Waals surface area contributed by atoms with E-state index < -0.39 is 0 Å². The van der Waals surface area contributed by atoms with Crippen molar-refractivity contribution in [3.63, 3.8) is 0 Å². The smallest absolute Gasteiger partial charge is 0.0713 e. The van der Waals surface area contributed by atoms with Gasteiger partial charge in [0, 0.05) is 13.2 Å². The molecular weight excluding hydrogens is 202 g/mol. The third kappa shape index (κ3) is 3.93. The first kappa shape index (κ1) is 13.2. The molecule has 1 aromatic carbocycles. The fraction of sp³-hybridized carbons (Fsp3) is 0.538. The van der Waals surface area contributed by atoms with Crippen LogP contribution in [0.25, 0.3) is 0 Å². The highest BCUT2D eigenvalue weighted by Gasteiger charge is 2.10. The second-order valence-corrected chi connectivity index (χ2v) is 4.23. The van der Waals surface area contributed by atoms with Gasteiger partial charge in [-0.15, -0.1) is 0 Å². The molecule has 3 nitrogen and oxygen atoms in total. The summed E-state index contributed by atoms with van der Waals surface area (Å²) in [6.45, 7) is 4.88. The lowest BCUT2D eigenvalue weighted by atomic mass is 10.0. The van der Waals surface area contributed by atoms with Crippen molar-refractivity contribution >= 4 is 0 Å². The molecule has 1 unspecified atom stereocenters. The summed E-state index contributed by atoms with van der Waals surface area (Å²) in [6.07, 6.45) is 0. The molecule has 0 radical (unpaired) electrons. The zero-order valence-electron chi connectivity index (χ0n) is 10.2. The highest BCUT2D eigenvalue weighted by atomic mass is 16.5. The topological polar surface area (TPSA) is 41.5 Å². The van der Waals surface area contributed by atoms with Gasteiger partial charge in [0.15, 0.2) is 0 Å². The number of methoxy groups -OCH3 is 1. The first-order valence-electron chi connectivity index (χ1n) is 5.62. The van der Waals surface area contributed by atoms with E-state index in [-0.39, 0.29) is 12.6 Å². The van der Waals surface area contributed by atoms with Gasteiger partial charge in [-0.1, -0.05) is 38.1 Å². The molecule has 0 aliphatic carbocycles. The monoisotopic (exact) mass is 223 g/mol. The van der Waals surface area contributed by atoms with Gasteiger partial charge in [-0.05, 0) is 11.1 Å². The summed E-state index contributed by atoms with van der Waals surface area (Å²) in [4.78, 5) is 0. The van der Waals surface area contributed by atoms with Crippen molar-refractivity contribution in [3.05, 3.63) is 35.4 Å². The predicted molar refractivity (Wildman–Crippen MR) is 65.3 cm³/mol. The Morgan fingerprint density at radius 2 is 1.88 bits per heavy atom. The summed E-state index contributed by atoms with van der Waals surface area (Å²) < 4.78 is 5.05. The van der Waals surface area contributed by atoms with Gasteiger partial charge in [0.1, 0.15) is 0 Å². The van der Waals surface area contributed by atoms with Crippen LogP contribution in [0.15, 0.2) is 24.3 Å². The average Bonchev–Trinajstić information content (AvgIpc) is 2.27. The quantitative estimate of drug-likeness (QED) is 0.773. The van der Waals surface area contributed by atoms with Crippen molar-refractivity contribution in [2.24, 2.45) is 0 Å². The Hall–Kier alpha value is -0.900. The highest BCUT2D eigenvalue weighted by molar-refractivity contribution is 5.24. The average molecular weight is 223 g/mol. The molecule has 0 aliphatic heterocycles. The standard InChI is InChI=1S/C13H21NO2/c1-10(2)14-13(8-15)12-6-4-11(5-7-12)9-16-3/h4-7,10,13-15H,8-9H2,1-3H3. The summed E-state index contributed by atoms with van der Waals surface area (Å²) in [7, 11) is 1.69. The van der Waals surface area contributed by atoms with Crippen LogP contribution in [0.1, 0.15) is 31.0 Å². The van der Waals surface area contributed by atoms with Crippen LogP contribution in [-0.2, 0) is 11.3 Å². The molecule has 0 bridgehead atoms. The number of ether oxygens (including phenoxy) is 1. The molecule has 0 saturated heterocycles. The number of benzene rings is 1. The molecule has 1 atom stereocenters. The molecule has 0 fully saturated rings. The van der Waals surface area contributed by atoms with Gasteiger partial charge in [-0.25, -0.2) is 0 Å². The molecule has 0 amide bonds. The van der Waals surface area contributed by atoms with Gasteiger partial charge in [-0.2, -0.15) is 0 Å². The minimum absolute atomic E-state index is 0.0107. The van der Waals surface area contributed by atoms with Crippen LogP contribution in [0, 0.1) is 0 Å². The minimum Gasteiger partial charge on any atom is -0.394 e. The van der Waals surface area contributed by atoms with Crippen LogP contribution in [0.4, 0.5) is 0 Å². The van der Waals surface area contributed by atoms with Crippen LogP contribution >= 0.6 is 0 Å². The van der Waals surface area contributed by atoms with Gasteiger partial charge in [0.2, 0.25) is 0 Å². The molecule has 0 heterocycles. The normalized spacial score (nSPS) is 13.1. The molecule has 2 N–H and O–H groups in total. The summed E-state index contributed by atoms with van der Waals surface area (Å²) in [6, 6.07) is 8.50. The lowest BCUT2D eigenvalue weighted by Crippen LogP contribution is -2.30. The Balaban J connectivity index is 2.70. The maximum Gasteiger partial charge on any atom is 0.0713 e. The van der Waals surface area contributed by atoms with E-state index in [1.165, 1.54) is 0 Å². The van der Waals surface area contributed by atoms with Crippen molar-refractivity contribution in [2.75, 3.05) is 13.7 Å². The van der Waals surface area contributed by atoms with Crippen LogP contribution in [0.2, 0.25) is 0 Å². The molecule has 1 rings (SSSR count). The predicted octanol–water partition coefficient (Wildman–Crippen LogP) is 1.86. The number of hydrogen-bond acceptors (Lipinski definition) is 3. The second kappa shape index (κ2) is 6.63. The fourth-order valence-electron chi connectivity index (χ4n) is 1.67. The molecule has 3 heteroatoms. The Bertz CT molecular complexity index is 295. The molecular formula is C13H21NO2. The van der Waals surface area contributed by atoms with Crippen LogP contribution < -0.4 is 5.32 Å². The molecule has 0 saturated carbocycles. The van der Waals surface area contributed by atoms with E-state index in [0.29, 0.717) is 12.6 Å².